The first kappa shape index (κ1) is 26.9. The van der Waals surface area contributed by atoms with Crippen molar-refractivity contribution < 1.29 is 13.5 Å². The highest BCUT2D eigenvalue weighted by atomic mass is 32.2. The second-order valence-electron chi connectivity index (χ2n) is 12.8. The number of aromatic nitrogens is 2. The van der Waals surface area contributed by atoms with Gasteiger partial charge in [0.2, 0.25) is 0 Å². The van der Waals surface area contributed by atoms with E-state index in [9.17, 15) is 19.3 Å². The molecule has 218 valence electrons. The lowest BCUT2D eigenvalue weighted by Crippen LogP contribution is -2.53. The largest absolute Gasteiger partial charge is 0.462 e. The van der Waals surface area contributed by atoms with Gasteiger partial charge < -0.3 is 30.9 Å². The number of hydrogen-bond donors (Lipinski definition) is 4. The Labute approximate surface area is 240 Å². The Kier molecular flexibility index (Phi) is 6.08. The van der Waals surface area contributed by atoms with Gasteiger partial charge in [-0.05, 0) is 50.3 Å². The fraction of sp³-hybridized carbons (Fsp3) is 0.643. The highest BCUT2D eigenvalue weighted by Crippen LogP contribution is 2.67. The molecule has 4 atom stereocenters. The van der Waals surface area contributed by atoms with Crippen LogP contribution in [-0.2, 0) is 0 Å². The fourth-order valence-electron chi connectivity index (χ4n) is 7.57. The molecule has 2 aliphatic carbocycles. The van der Waals surface area contributed by atoms with Gasteiger partial charge >= 0.3 is 6.01 Å². The first-order valence-electron chi connectivity index (χ1n) is 14.2. The van der Waals surface area contributed by atoms with Gasteiger partial charge in [-0.15, -0.1) is 10.9 Å². The standard InChI is InChI=1S/C28H35F2N9OS/c1-38(2)14-27(11-28(27,29)30)15-40-25-36-23(39-9-16-3-4-17(10-39)35-16)19(8-32)24(37-25)41-20-5-6-26(12-34-13-26)21(20)18(7-31)22(41)33/h16-17,34-35,41H,3-6,9-15,33H2,1-2H3. The monoisotopic (exact) mass is 583 g/mol. The van der Waals surface area contributed by atoms with Crippen LogP contribution in [0.15, 0.2) is 26.1 Å². The predicted molar refractivity (Wildman–Crippen MR) is 151 cm³/mol. The van der Waals surface area contributed by atoms with Crippen molar-refractivity contribution in [1.82, 2.24) is 25.5 Å². The molecule has 1 saturated carbocycles. The van der Waals surface area contributed by atoms with Gasteiger partial charge in [0.1, 0.15) is 29.3 Å². The van der Waals surface area contributed by atoms with E-state index in [0.717, 1.165) is 49.3 Å². The van der Waals surface area contributed by atoms with E-state index in [1.54, 1.807) is 19.0 Å². The van der Waals surface area contributed by atoms with Gasteiger partial charge in [-0.25, -0.2) is 8.78 Å². The number of rotatable bonds is 7. The van der Waals surface area contributed by atoms with E-state index in [0.29, 0.717) is 52.2 Å². The van der Waals surface area contributed by atoms with Gasteiger partial charge in [-0.2, -0.15) is 20.5 Å². The smallest absolute Gasteiger partial charge is 0.319 e. The zero-order chi connectivity index (χ0) is 28.7. The number of thiol groups is 1. The van der Waals surface area contributed by atoms with Gasteiger partial charge in [0.05, 0.1) is 16.0 Å². The average Bonchev–Trinajstić information content (AvgIpc) is 3.24. The summed E-state index contributed by atoms with van der Waals surface area (Å²) < 4.78 is 35.1. The van der Waals surface area contributed by atoms with Gasteiger partial charge in [-0.3, -0.25) is 0 Å². The molecule has 3 saturated heterocycles. The molecule has 6 aliphatic rings. The molecule has 4 fully saturated rings. The van der Waals surface area contributed by atoms with Gasteiger partial charge in [0, 0.05) is 56.6 Å². The molecule has 0 radical (unpaired) electrons. The maximum atomic E-state index is 14.5. The highest BCUT2D eigenvalue weighted by Gasteiger charge is 2.71. The van der Waals surface area contributed by atoms with Crippen molar-refractivity contribution in [2.45, 2.75) is 55.1 Å². The Bertz CT molecular complexity index is 1450. The number of nitrogens with zero attached hydrogens (tertiary/aromatic N) is 6. The SMILES string of the molecule is CN(C)CC1(COc2nc(N3CC4CCC(C3)N4)c(C#N)c([SH]3C(N)=C(C#N)C4=C3CCC43CNC3)n2)CC1(F)F. The summed E-state index contributed by atoms with van der Waals surface area (Å²) in [6, 6.07) is 5.30. The van der Waals surface area contributed by atoms with Crippen LogP contribution in [0.3, 0.4) is 0 Å². The van der Waals surface area contributed by atoms with E-state index in [1.807, 2.05) is 0 Å². The molecule has 1 aromatic rings. The molecule has 1 spiro atoms. The van der Waals surface area contributed by atoms with Crippen molar-refractivity contribution in [3.63, 3.8) is 0 Å². The van der Waals surface area contributed by atoms with E-state index in [-0.39, 0.29) is 31.0 Å². The highest BCUT2D eigenvalue weighted by molar-refractivity contribution is 8.24. The summed E-state index contributed by atoms with van der Waals surface area (Å²) in [7, 11) is 2.11. The molecule has 5 heterocycles. The number of hydrogen-bond acceptors (Lipinski definition) is 10. The van der Waals surface area contributed by atoms with E-state index in [1.165, 1.54) is 0 Å². The number of fused-ring (bicyclic) bond motifs is 3. The van der Waals surface area contributed by atoms with E-state index < -0.39 is 22.2 Å². The molecule has 4 N–H and O–H groups in total. The van der Waals surface area contributed by atoms with Gasteiger partial charge in [0.15, 0.2) is 5.82 Å². The summed E-state index contributed by atoms with van der Waals surface area (Å²) in [6.07, 6.45) is 3.55. The van der Waals surface area contributed by atoms with Crippen molar-refractivity contribution in [2.75, 3.05) is 58.3 Å². The van der Waals surface area contributed by atoms with Crippen LogP contribution in [0.5, 0.6) is 6.01 Å². The normalized spacial score (nSPS) is 33.1. The summed E-state index contributed by atoms with van der Waals surface area (Å²) in [5, 5.41) is 28.6. The van der Waals surface area contributed by atoms with Crippen LogP contribution in [-0.4, -0.2) is 86.3 Å². The number of anilines is 1. The molecule has 41 heavy (non-hydrogen) atoms. The Hall–Kier alpha value is -2.97. The third-order valence-electron chi connectivity index (χ3n) is 9.71. The van der Waals surface area contributed by atoms with Gasteiger partial charge in [-0.1, -0.05) is 0 Å². The number of piperazine rings is 1. The number of nitrogens with one attached hydrogen (secondary N) is 2. The van der Waals surface area contributed by atoms with E-state index in [2.05, 4.69) is 27.7 Å². The Morgan fingerprint density at radius 2 is 1.88 bits per heavy atom. The Balaban J connectivity index is 1.32. The number of nitrogens with two attached hydrogens (primary N) is 1. The van der Waals surface area contributed by atoms with Crippen molar-refractivity contribution in [1.29, 1.82) is 10.5 Å². The minimum absolute atomic E-state index is 0.0124. The molecule has 0 aromatic carbocycles. The molecule has 0 amide bonds. The lowest BCUT2D eigenvalue weighted by Gasteiger charge is -2.41. The lowest BCUT2D eigenvalue weighted by molar-refractivity contribution is 0.0286. The van der Waals surface area contributed by atoms with E-state index in [4.69, 9.17) is 20.4 Å². The molecular weight excluding hydrogens is 548 g/mol. The zero-order valence-electron chi connectivity index (χ0n) is 23.3. The summed E-state index contributed by atoms with van der Waals surface area (Å²) in [4.78, 5) is 14.4. The van der Waals surface area contributed by atoms with Crippen LogP contribution < -0.4 is 26.0 Å². The van der Waals surface area contributed by atoms with Crippen molar-refractivity contribution in [3.05, 3.63) is 26.6 Å². The maximum absolute atomic E-state index is 14.5. The number of allylic oxidation sites excluding steroid dienone is 2. The van der Waals surface area contributed by atoms with Crippen LogP contribution in [0.1, 0.15) is 37.7 Å². The molecule has 13 heteroatoms. The summed E-state index contributed by atoms with van der Waals surface area (Å²) >= 11 is 0. The quantitative estimate of drug-likeness (QED) is 0.278. The van der Waals surface area contributed by atoms with Crippen molar-refractivity contribution >= 4 is 16.7 Å². The van der Waals surface area contributed by atoms with Gasteiger partial charge in [0.25, 0.3) is 5.92 Å². The minimum Gasteiger partial charge on any atom is -0.462 e. The molecule has 2 bridgehead atoms. The van der Waals surface area contributed by atoms with Crippen LogP contribution >= 0.6 is 10.9 Å². The second-order valence-corrected chi connectivity index (χ2v) is 14.9. The first-order valence-corrected chi connectivity index (χ1v) is 15.6. The summed E-state index contributed by atoms with van der Waals surface area (Å²) in [5.41, 5.74) is 7.21. The first-order chi connectivity index (χ1) is 19.6. The molecular formula is C28H35F2N9OS. The summed E-state index contributed by atoms with van der Waals surface area (Å²) in [6.45, 7) is 2.91. The van der Waals surface area contributed by atoms with Crippen LogP contribution in [0.25, 0.3) is 0 Å². The van der Waals surface area contributed by atoms with Crippen molar-refractivity contribution in [2.24, 2.45) is 16.6 Å². The molecule has 4 unspecified atom stereocenters. The molecule has 4 aliphatic heterocycles. The number of halogens is 2. The zero-order valence-corrected chi connectivity index (χ0v) is 24.2. The molecule has 1 aromatic heterocycles. The minimum atomic E-state index is -2.83. The number of ether oxygens (including phenoxy) is 1. The summed E-state index contributed by atoms with van der Waals surface area (Å²) in [5.74, 6) is -2.36. The Morgan fingerprint density at radius 3 is 2.44 bits per heavy atom. The predicted octanol–water partition coefficient (Wildman–Crippen LogP) is 1.96. The topological polar surface area (TPSA) is 139 Å². The maximum Gasteiger partial charge on any atom is 0.319 e. The third kappa shape index (κ3) is 4.04. The average molecular weight is 584 g/mol. The Morgan fingerprint density at radius 1 is 1.17 bits per heavy atom. The van der Waals surface area contributed by atoms with Crippen LogP contribution in [0.4, 0.5) is 14.6 Å². The van der Waals surface area contributed by atoms with Crippen LogP contribution in [0.2, 0.25) is 0 Å². The fourth-order valence-corrected chi connectivity index (χ4v) is 10.2. The van der Waals surface area contributed by atoms with Crippen molar-refractivity contribution in [3.8, 4) is 18.1 Å². The number of nitriles is 2. The molecule has 10 nitrogen and oxygen atoms in total. The molecule has 7 rings (SSSR count). The third-order valence-corrected chi connectivity index (χ3v) is 12.2. The van der Waals surface area contributed by atoms with Crippen LogP contribution in [0, 0.1) is 33.5 Å². The lowest BCUT2D eigenvalue weighted by atomic mass is 9.73. The number of alkyl halides is 2. The van der Waals surface area contributed by atoms with E-state index >= 15 is 0 Å². The second kappa shape index (κ2) is 9.27.